The largest absolute Gasteiger partial charge is 0.328 e. The highest BCUT2D eigenvalue weighted by atomic mass is 32.2. The van der Waals surface area contributed by atoms with Crippen molar-refractivity contribution in [3.8, 4) is 0 Å². The molecule has 0 radical (unpaired) electrons. The Hall–Kier alpha value is 0.270. The normalized spacial score (nSPS) is 26.8. The Morgan fingerprint density at radius 3 is 2.53 bits per heavy atom. The number of unbranched alkanes of at least 4 members (excludes halogenated alkanes) is 2. The van der Waals surface area contributed by atoms with Crippen molar-refractivity contribution >= 4 is 11.8 Å². The molecule has 0 aromatic carbocycles. The lowest BCUT2D eigenvalue weighted by molar-refractivity contribution is 0.341. The van der Waals surface area contributed by atoms with Crippen LogP contribution in [0, 0.1) is 0 Å². The van der Waals surface area contributed by atoms with Crippen LogP contribution in [0.4, 0.5) is 0 Å². The van der Waals surface area contributed by atoms with Crippen LogP contribution in [-0.2, 0) is 0 Å². The van der Waals surface area contributed by atoms with Crippen molar-refractivity contribution in [2.24, 2.45) is 5.73 Å². The van der Waals surface area contributed by atoms with Crippen LogP contribution in [0.15, 0.2) is 0 Å². The molecule has 0 bridgehead atoms. The zero-order valence-electron chi connectivity index (χ0n) is 10.0. The smallest absolute Gasteiger partial charge is 0.00682 e. The molecule has 0 aromatic rings. The van der Waals surface area contributed by atoms with Crippen molar-refractivity contribution < 1.29 is 0 Å². The molecule has 0 spiro atoms. The molecule has 1 aliphatic carbocycles. The first-order chi connectivity index (χ1) is 7.33. The van der Waals surface area contributed by atoms with E-state index in [9.17, 15) is 0 Å². The molecule has 1 fully saturated rings. The summed E-state index contributed by atoms with van der Waals surface area (Å²) in [7, 11) is 0. The molecule has 0 aliphatic heterocycles. The summed E-state index contributed by atoms with van der Waals surface area (Å²) in [5, 5.41) is 3.66. The van der Waals surface area contributed by atoms with Crippen molar-refractivity contribution in [1.29, 1.82) is 0 Å². The van der Waals surface area contributed by atoms with Gasteiger partial charge in [0.2, 0.25) is 0 Å². The fourth-order valence-corrected chi connectivity index (χ4v) is 2.67. The molecule has 0 aromatic heterocycles. The quantitative estimate of drug-likeness (QED) is 0.660. The third kappa shape index (κ3) is 6.44. The first-order valence-electron chi connectivity index (χ1n) is 6.31. The lowest BCUT2D eigenvalue weighted by atomic mass is 9.92. The van der Waals surface area contributed by atoms with E-state index in [4.69, 9.17) is 5.73 Å². The molecule has 3 N–H and O–H groups in total. The minimum absolute atomic E-state index is 0.477. The van der Waals surface area contributed by atoms with E-state index in [0.29, 0.717) is 6.04 Å². The summed E-state index contributed by atoms with van der Waals surface area (Å²) in [6.45, 7) is 1.20. The standard InChI is InChI=1S/C12H26N2S/c1-15-10-4-2-3-9-14-12-7-5-11(13)6-8-12/h11-12,14H,2-10,13H2,1H3. The number of nitrogens with one attached hydrogen (secondary N) is 1. The maximum absolute atomic E-state index is 5.88. The molecule has 90 valence electrons. The van der Waals surface area contributed by atoms with Crippen LogP contribution < -0.4 is 11.1 Å². The number of thioether (sulfide) groups is 1. The molecular formula is C12H26N2S. The molecule has 2 nitrogen and oxygen atoms in total. The highest BCUT2D eigenvalue weighted by molar-refractivity contribution is 7.98. The van der Waals surface area contributed by atoms with Gasteiger partial charge in [-0.1, -0.05) is 6.42 Å². The average Bonchev–Trinajstić information content (AvgIpc) is 2.26. The summed E-state index contributed by atoms with van der Waals surface area (Å²) in [4.78, 5) is 0. The second-order valence-corrected chi connectivity index (χ2v) is 5.60. The van der Waals surface area contributed by atoms with Crippen molar-refractivity contribution in [3.05, 3.63) is 0 Å². The lowest BCUT2D eigenvalue weighted by Gasteiger charge is -2.26. The fourth-order valence-electron chi connectivity index (χ4n) is 2.18. The zero-order chi connectivity index (χ0) is 10.9. The van der Waals surface area contributed by atoms with Gasteiger partial charge in [-0.15, -0.1) is 0 Å². The Balaban J connectivity index is 1.87. The summed E-state index contributed by atoms with van der Waals surface area (Å²) in [5.74, 6) is 1.32. The molecular weight excluding hydrogens is 204 g/mol. The van der Waals surface area contributed by atoms with Crippen LogP contribution in [0.1, 0.15) is 44.9 Å². The number of rotatable bonds is 7. The predicted molar refractivity (Wildman–Crippen MR) is 70.5 cm³/mol. The Bertz CT molecular complexity index is 145. The zero-order valence-corrected chi connectivity index (χ0v) is 10.8. The van der Waals surface area contributed by atoms with Gasteiger partial charge in [-0.2, -0.15) is 11.8 Å². The van der Waals surface area contributed by atoms with Crippen molar-refractivity contribution in [2.75, 3.05) is 18.6 Å². The van der Waals surface area contributed by atoms with E-state index in [1.165, 1.54) is 57.2 Å². The summed E-state index contributed by atoms with van der Waals surface area (Å²) in [6, 6.07) is 1.23. The third-order valence-corrected chi connectivity index (χ3v) is 3.93. The Morgan fingerprint density at radius 2 is 1.87 bits per heavy atom. The number of nitrogens with two attached hydrogens (primary N) is 1. The topological polar surface area (TPSA) is 38.0 Å². The first-order valence-corrected chi connectivity index (χ1v) is 7.70. The van der Waals surface area contributed by atoms with E-state index in [0.717, 1.165) is 6.04 Å². The molecule has 0 saturated heterocycles. The monoisotopic (exact) mass is 230 g/mol. The van der Waals surface area contributed by atoms with Gasteiger partial charge in [0.25, 0.3) is 0 Å². The van der Waals surface area contributed by atoms with Crippen LogP contribution in [0.2, 0.25) is 0 Å². The van der Waals surface area contributed by atoms with Gasteiger partial charge in [0, 0.05) is 12.1 Å². The maximum Gasteiger partial charge on any atom is 0.00682 e. The van der Waals surface area contributed by atoms with Crippen LogP contribution in [-0.4, -0.2) is 30.6 Å². The van der Waals surface area contributed by atoms with Crippen LogP contribution in [0.25, 0.3) is 0 Å². The summed E-state index contributed by atoms with van der Waals surface area (Å²) < 4.78 is 0. The van der Waals surface area contributed by atoms with E-state index in [1.807, 2.05) is 11.8 Å². The van der Waals surface area contributed by atoms with Gasteiger partial charge in [-0.3, -0.25) is 0 Å². The first kappa shape index (κ1) is 13.3. The predicted octanol–water partition coefficient (Wildman–Crippen LogP) is 2.38. The minimum Gasteiger partial charge on any atom is -0.328 e. The lowest BCUT2D eigenvalue weighted by Crippen LogP contribution is -2.37. The van der Waals surface area contributed by atoms with E-state index in [2.05, 4.69) is 11.6 Å². The van der Waals surface area contributed by atoms with Gasteiger partial charge in [-0.25, -0.2) is 0 Å². The van der Waals surface area contributed by atoms with E-state index in [-0.39, 0.29) is 0 Å². The molecule has 3 heteroatoms. The second-order valence-electron chi connectivity index (χ2n) is 4.62. The van der Waals surface area contributed by atoms with Crippen molar-refractivity contribution in [3.63, 3.8) is 0 Å². The summed E-state index contributed by atoms with van der Waals surface area (Å²) in [6.07, 6.45) is 11.3. The molecule has 15 heavy (non-hydrogen) atoms. The number of hydrogen-bond acceptors (Lipinski definition) is 3. The molecule has 0 amide bonds. The fraction of sp³-hybridized carbons (Fsp3) is 1.00. The van der Waals surface area contributed by atoms with Crippen LogP contribution in [0.5, 0.6) is 0 Å². The van der Waals surface area contributed by atoms with Gasteiger partial charge in [-0.05, 0) is 57.1 Å². The van der Waals surface area contributed by atoms with Gasteiger partial charge < -0.3 is 11.1 Å². The van der Waals surface area contributed by atoms with Gasteiger partial charge in [0.1, 0.15) is 0 Å². The minimum atomic E-state index is 0.477. The highest BCUT2D eigenvalue weighted by Crippen LogP contribution is 2.16. The van der Waals surface area contributed by atoms with Gasteiger partial charge >= 0.3 is 0 Å². The molecule has 0 atom stereocenters. The highest BCUT2D eigenvalue weighted by Gasteiger charge is 2.17. The van der Waals surface area contributed by atoms with Crippen molar-refractivity contribution in [2.45, 2.75) is 57.0 Å². The second kappa shape index (κ2) is 8.43. The molecule has 0 unspecified atom stereocenters. The SMILES string of the molecule is CSCCCCCNC1CCC(N)CC1. The van der Waals surface area contributed by atoms with Crippen LogP contribution in [0.3, 0.4) is 0 Å². The Morgan fingerprint density at radius 1 is 1.13 bits per heavy atom. The molecule has 0 heterocycles. The van der Waals surface area contributed by atoms with Crippen molar-refractivity contribution in [1.82, 2.24) is 5.32 Å². The summed E-state index contributed by atoms with van der Waals surface area (Å²) >= 11 is 1.95. The summed E-state index contributed by atoms with van der Waals surface area (Å²) in [5.41, 5.74) is 5.88. The number of hydrogen-bond donors (Lipinski definition) is 2. The maximum atomic E-state index is 5.88. The molecule has 1 aliphatic rings. The average molecular weight is 230 g/mol. The van der Waals surface area contributed by atoms with Gasteiger partial charge in [0.15, 0.2) is 0 Å². The van der Waals surface area contributed by atoms with E-state index < -0.39 is 0 Å². The molecule has 1 saturated carbocycles. The van der Waals surface area contributed by atoms with E-state index in [1.54, 1.807) is 0 Å². The Labute approximate surface area is 98.8 Å². The van der Waals surface area contributed by atoms with Crippen LogP contribution >= 0.6 is 11.8 Å². The molecule has 1 rings (SSSR count). The van der Waals surface area contributed by atoms with E-state index >= 15 is 0 Å². The third-order valence-electron chi connectivity index (χ3n) is 3.23. The Kier molecular flexibility index (Phi) is 7.49. The van der Waals surface area contributed by atoms with Gasteiger partial charge in [0.05, 0.1) is 0 Å².